The number of aryl methyl sites for hydroxylation is 1. The van der Waals surface area contributed by atoms with E-state index in [1.807, 2.05) is 6.26 Å². The molecule has 2 rings (SSSR count). The van der Waals surface area contributed by atoms with Gasteiger partial charge in [-0.2, -0.15) is 0 Å². The van der Waals surface area contributed by atoms with Gasteiger partial charge in [-0.3, -0.25) is 0 Å². The van der Waals surface area contributed by atoms with Crippen LogP contribution in [0, 0.1) is 0 Å². The molecule has 0 bridgehead atoms. The van der Waals surface area contributed by atoms with Crippen molar-refractivity contribution in [2.75, 3.05) is 6.26 Å². The Balaban J connectivity index is 2.41. The minimum absolute atomic E-state index is 0.108. The summed E-state index contributed by atoms with van der Waals surface area (Å²) in [7, 11) is 0. The van der Waals surface area contributed by atoms with E-state index in [9.17, 15) is 5.11 Å². The monoisotopic (exact) mass is 223 g/mol. The lowest BCUT2D eigenvalue weighted by Crippen LogP contribution is -2.27. The maximum Gasteiger partial charge on any atom is 0.0943 e. The van der Waals surface area contributed by atoms with Crippen LogP contribution in [0.2, 0.25) is 0 Å². The zero-order valence-electron chi connectivity index (χ0n) is 8.94. The van der Waals surface area contributed by atoms with Crippen LogP contribution in [0.1, 0.15) is 30.1 Å². The first-order chi connectivity index (χ1) is 7.22. The van der Waals surface area contributed by atoms with Crippen molar-refractivity contribution in [1.82, 2.24) is 0 Å². The van der Waals surface area contributed by atoms with Crippen molar-refractivity contribution in [2.45, 2.75) is 36.3 Å². The van der Waals surface area contributed by atoms with Gasteiger partial charge >= 0.3 is 0 Å². The molecule has 0 saturated heterocycles. The van der Waals surface area contributed by atoms with Gasteiger partial charge in [0, 0.05) is 10.9 Å². The molecule has 15 heavy (non-hydrogen) atoms. The van der Waals surface area contributed by atoms with Gasteiger partial charge < -0.3 is 10.8 Å². The molecule has 0 heterocycles. The maximum atomic E-state index is 10.1. The van der Waals surface area contributed by atoms with Crippen molar-refractivity contribution in [3.63, 3.8) is 0 Å². The first-order valence-corrected chi connectivity index (χ1v) is 6.55. The second kappa shape index (κ2) is 4.56. The van der Waals surface area contributed by atoms with Crippen LogP contribution in [0.4, 0.5) is 0 Å². The van der Waals surface area contributed by atoms with Crippen LogP contribution in [-0.2, 0) is 6.42 Å². The van der Waals surface area contributed by atoms with E-state index in [1.54, 1.807) is 11.8 Å². The summed E-state index contributed by atoms with van der Waals surface area (Å²) in [6.07, 6.45) is 4.57. The number of hydrogen-bond donors (Lipinski definition) is 2. The van der Waals surface area contributed by atoms with Gasteiger partial charge in [0.15, 0.2) is 0 Å². The standard InChI is InChI=1S/C12H17NOS/c1-15-9-6-5-8-3-2-4-11(13)12(14)10(8)7-9/h5-7,11-12,14H,2-4,13H2,1H3. The lowest BCUT2D eigenvalue weighted by atomic mass is 9.99. The summed E-state index contributed by atoms with van der Waals surface area (Å²) in [5, 5.41) is 10.1. The second-order valence-corrected chi connectivity index (χ2v) is 4.95. The summed E-state index contributed by atoms with van der Waals surface area (Å²) in [5.74, 6) is 0. The highest BCUT2D eigenvalue weighted by Crippen LogP contribution is 2.30. The fraction of sp³-hybridized carbons (Fsp3) is 0.500. The van der Waals surface area contributed by atoms with E-state index in [-0.39, 0.29) is 6.04 Å². The van der Waals surface area contributed by atoms with Crippen LogP contribution < -0.4 is 5.73 Å². The number of hydrogen-bond acceptors (Lipinski definition) is 3. The number of aliphatic hydroxyl groups excluding tert-OH is 1. The molecule has 2 unspecified atom stereocenters. The van der Waals surface area contributed by atoms with Gasteiger partial charge in [0.25, 0.3) is 0 Å². The van der Waals surface area contributed by atoms with Gasteiger partial charge in [-0.15, -0.1) is 11.8 Å². The zero-order valence-corrected chi connectivity index (χ0v) is 9.76. The predicted molar refractivity (Wildman–Crippen MR) is 64.1 cm³/mol. The normalized spacial score (nSPS) is 25.8. The van der Waals surface area contributed by atoms with E-state index in [1.165, 1.54) is 10.5 Å². The Hall–Kier alpha value is -0.510. The molecule has 2 atom stereocenters. The Morgan fingerprint density at radius 1 is 1.47 bits per heavy atom. The SMILES string of the molecule is CSc1ccc2c(c1)C(O)C(N)CCC2. The molecule has 0 spiro atoms. The highest BCUT2D eigenvalue weighted by Gasteiger charge is 2.23. The number of aliphatic hydroxyl groups is 1. The van der Waals surface area contributed by atoms with Gasteiger partial charge in [-0.1, -0.05) is 6.07 Å². The van der Waals surface area contributed by atoms with E-state index in [0.29, 0.717) is 0 Å². The van der Waals surface area contributed by atoms with E-state index < -0.39 is 6.10 Å². The molecule has 1 aromatic rings. The largest absolute Gasteiger partial charge is 0.387 e. The molecule has 0 radical (unpaired) electrons. The third-order valence-corrected chi connectivity index (χ3v) is 3.79. The van der Waals surface area contributed by atoms with Crippen molar-refractivity contribution >= 4 is 11.8 Å². The quantitative estimate of drug-likeness (QED) is 0.566. The molecule has 3 heteroatoms. The second-order valence-electron chi connectivity index (χ2n) is 4.07. The summed E-state index contributed by atoms with van der Waals surface area (Å²) < 4.78 is 0. The Labute approximate surface area is 94.9 Å². The molecule has 1 aliphatic rings. The van der Waals surface area contributed by atoms with E-state index in [0.717, 1.165) is 24.8 Å². The lowest BCUT2D eigenvalue weighted by Gasteiger charge is -2.18. The highest BCUT2D eigenvalue weighted by atomic mass is 32.2. The van der Waals surface area contributed by atoms with Crippen LogP contribution in [0.3, 0.4) is 0 Å². The molecule has 3 N–H and O–H groups in total. The number of benzene rings is 1. The summed E-state index contributed by atoms with van der Waals surface area (Å²) in [6.45, 7) is 0. The van der Waals surface area contributed by atoms with Crippen LogP contribution in [-0.4, -0.2) is 17.4 Å². The maximum absolute atomic E-state index is 10.1. The van der Waals surface area contributed by atoms with Crippen molar-refractivity contribution in [1.29, 1.82) is 0 Å². The van der Waals surface area contributed by atoms with Crippen molar-refractivity contribution in [3.8, 4) is 0 Å². The smallest absolute Gasteiger partial charge is 0.0943 e. The number of nitrogens with two attached hydrogens (primary N) is 1. The molecule has 0 aromatic heterocycles. The van der Waals surface area contributed by atoms with E-state index in [2.05, 4.69) is 18.2 Å². The molecule has 82 valence electrons. The Morgan fingerprint density at radius 3 is 3.00 bits per heavy atom. The molecule has 2 nitrogen and oxygen atoms in total. The van der Waals surface area contributed by atoms with Gasteiger partial charge in [0.05, 0.1) is 6.10 Å². The van der Waals surface area contributed by atoms with Gasteiger partial charge in [-0.25, -0.2) is 0 Å². The third-order valence-electron chi connectivity index (χ3n) is 3.06. The van der Waals surface area contributed by atoms with Crippen LogP contribution in [0.15, 0.2) is 23.1 Å². The molecule has 0 amide bonds. The van der Waals surface area contributed by atoms with Gasteiger partial charge in [0.2, 0.25) is 0 Å². The van der Waals surface area contributed by atoms with E-state index in [4.69, 9.17) is 5.73 Å². The summed E-state index contributed by atoms with van der Waals surface area (Å²) in [6, 6.07) is 6.22. The molecular weight excluding hydrogens is 206 g/mol. The van der Waals surface area contributed by atoms with Crippen LogP contribution >= 0.6 is 11.8 Å². The number of rotatable bonds is 1. The van der Waals surface area contributed by atoms with Crippen molar-refractivity contribution in [2.24, 2.45) is 5.73 Å². The van der Waals surface area contributed by atoms with Crippen LogP contribution in [0.25, 0.3) is 0 Å². The third kappa shape index (κ3) is 2.19. The van der Waals surface area contributed by atoms with Crippen LogP contribution in [0.5, 0.6) is 0 Å². The Bertz CT molecular complexity index is 353. The minimum atomic E-state index is -0.491. The summed E-state index contributed by atoms with van der Waals surface area (Å²) in [4.78, 5) is 1.20. The number of thioether (sulfide) groups is 1. The minimum Gasteiger partial charge on any atom is -0.387 e. The van der Waals surface area contributed by atoms with Gasteiger partial charge in [0.1, 0.15) is 0 Å². The lowest BCUT2D eigenvalue weighted by molar-refractivity contribution is 0.144. The average Bonchev–Trinajstić information content (AvgIpc) is 2.40. The van der Waals surface area contributed by atoms with Crippen molar-refractivity contribution in [3.05, 3.63) is 29.3 Å². The molecule has 0 aliphatic heterocycles. The molecule has 1 aliphatic carbocycles. The topological polar surface area (TPSA) is 46.2 Å². The summed E-state index contributed by atoms with van der Waals surface area (Å²) >= 11 is 1.70. The Kier molecular flexibility index (Phi) is 3.34. The summed E-state index contributed by atoms with van der Waals surface area (Å²) in [5.41, 5.74) is 8.22. The Morgan fingerprint density at radius 2 is 2.27 bits per heavy atom. The first-order valence-electron chi connectivity index (χ1n) is 5.33. The highest BCUT2D eigenvalue weighted by molar-refractivity contribution is 7.98. The van der Waals surface area contributed by atoms with Gasteiger partial charge in [-0.05, 0) is 48.8 Å². The zero-order chi connectivity index (χ0) is 10.8. The molecule has 0 saturated carbocycles. The molecular formula is C12H17NOS. The van der Waals surface area contributed by atoms with Crippen molar-refractivity contribution < 1.29 is 5.11 Å². The van der Waals surface area contributed by atoms with E-state index >= 15 is 0 Å². The predicted octanol–water partition coefficient (Wildman–Crippen LogP) is 2.11. The fourth-order valence-electron chi connectivity index (χ4n) is 2.12. The first kappa shape index (κ1) is 11.0. The molecule has 0 fully saturated rings. The molecule has 1 aromatic carbocycles. The average molecular weight is 223 g/mol. The fourth-order valence-corrected chi connectivity index (χ4v) is 2.57. The number of fused-ring (bicyclic) bond motifs is 1.